The Morgan fingerprint density at radius 1 is 1.45 bits per heavy atom. The normalized spacial score (nSPS) is 26.6. The molecule has 1 aromatic heterocycles. The number of hydrogen-bond acceptors (Lipinski definition) is 8. The Hall–Kier alpha value is -2.20. The second kappa shape index (κ2) is 10.0. The van der Waals surface area contributed by atoms with Gasteiger partial charge in [0, 0.05) is 27.0 Å². The third kappa shape index (κ3) is 5.05. The van der Waals surface area contributed by atoms with Crippen molar-refractivity contribution in [2.45, 2.75) is 57.7 Å². The number of anilines is 1. The van der Waals surface area contributed by atoms with E-state index in [1.165, 1.54) is 12.3 Å². The molecule has 1 saturated heterocycles. The van der Waals surface area contributed by atoms with Crippen molar-refractivity contribution in [2.24, 2.45) is 0 Å². The minimum atomic E-state index is -1.97. The highest BCUT2D eigenvalue weighted by Crippen LogP contribution is 2.41. The Kier molecular flexibility index (Phi) is 7.43. The highest BCUT2D eigenvalue weighted by Gasteiger charge is 2.59. The molecule has 29 heavy (non-hydrogen) atoms. The van der Waals surface area contributed by atoms with E-state index in [9.17, 15) is 14.4 Å². The topological polar surface area (TPSA) is 109 Å². The molecule has 0 unspecified atom stereocenters. The molecule has 162 valence electrons. The largest absolute Gasteiger partial charge is 0.462 e. The number of nitrogens with one attached hydrogen (secondary N) is 1. The minimum Gasteiger partial charge on any atom is -0.462 e. The first kappa shape index (κ1) is 21.5. The molecule has 0 aliphatic carbocycles. The van der Waals surface area contributed by atoms with Crippen molar-refractivity contribution in [2.75, 3.05) is 24.3 Å². The summed E-state index contributed by atoms with van der Waals surface area (Å²) in [6, 6.07) is 1.43. The molecule has 2 heterocycles. The average Bonchev–Trinajstić information content (AvgIpc) is 3.02. The fourth-order valence-electron chi connectivity index (χ4n) is 2.82. The van der Waals surface area contributed by atoms with Gasteiger partial charge in [-0.25, -0.2) is 9.18 Å². The molecule has 4 atom stereocenters. The number of rotatable bonds is 9. The Bertz CT molecular complexity index is 812. The summed E-state index contributed by atoms with van der Waals surface area (Å²) in [6.45, 7) is 3.05. The van der Waals surface area contributed by atoms with Crippen LogP contribution in [0.2, 0.25) is 0 Å². The molecule has 1 aliphatic heterocycles. The lowest BCUT2D eigenvalue weighted by molar-refractivity contribution is -0.173. The molecular weight excluding hydrogens is 409 g/mol. The molecule has 0 saturated carbocycles. The van der Waals surface area contributed by atoms with Gasteiger partial charge in [-0.1, -0.05) is 13.8 Å². The molecule has 1 N–H and O–H groups in total. The molecular formula is C18H25ClFN3O6. The number of esters is 2. The van der Waals surface area contributed by atoms with Crippen LogP contribution >= 0.6 is 11.6 Å². The van der Waals surface area contributed by atoms with Gasteiger partial charge < -0.3 is 19.5 Å². The van der Waals surface area contributed by atoms with Crippen LogP contribution in [-0.2, 0) is 23.8 Å². The van der Waals surface area contributed by atoms with E-state index in [2.05, 4.69) is 10.3 Å². The number of halogens is 2. The van der Waals surface area contributed by atoms with Gasteiger partial charge in [-0.05, 0) is 13.0 Å². The van der Waals surface area contributed by atoms with E-state index >= 15 is 4.39 Å². The van der Waals surface area contributed by atoms with Crippen molar-refractivity contribution in [3.05, 3.63) is 22.7 Å². The van der Waals surface area contributed by atoms with Crippen molar-refractivity contribution in [3.8, 4) is 0 Å². The van der Waals surface area contributed by atoms with Gasteiger partial charge in [0.05, 0.1) is 5.88 Å². The van der Waals surface area contributed by atoms with E-state index in [1.807, 2.05) is 0 Å². The lowest BCUT2D eigenvalue weighted by Crippen LogP contribution is -2.50. The second-order valence-corrected chi connectivity index (χ2v) is 6.63. The van der Waals surface area contributed by atoms with E-state index in [0.29, 0.717) is 0 Å². The molecule has 0 amide bonds. The van der Waals surface area contributed by atoms with Crippen LogP contribution in [0.4, 0.5) is 10.2 Å². The van der Waals surface area contributed by atoms with Crippen LogP contribution in [0.25, 0.3) is 0 Å². The van der Waals surface area contributed by atoms with E-state index in [1.54, 1.807) is 13.8 Å². The Balaban J connectivity index is 2.36. The fourth-order valence-corrected chi connectivity index (χ4v) is 3.11. The predicted molar refractivity (Wildman–Crippen MR) is 103 cm³/mol. The minimum absolute atomic E-state index is 0.0150. The summed E-state index contributed by atoms with van der Waals surface area (Å²) in [4.78, 5) is 39.7. The van der Waals surface area contributed by atoms with Gasteiger partial charge in [-0.15, -0.1) is 11.6 Å². The lowest BCUT2D eigenvalue weighted by atomic mass is 9.98. The molecule has 0 spiro atoms. The van der Waals surface area contributed by atoms with Gasteiger partial charge in [-0.2, -0.15) is 4.98 Å². The standard InChI is InChI=1S/C18H25ClFN3O6/c1-4-12(24)27-10-18(9-19)15(28-13(25)5-2)14(20)16(29-18)23-8-7-11(21-6-3)22-17(23)26/h7-8,14-16H,4-6,9-10H2,1-3H3,(H,21,22,26)/t14-,15+,16-,18-/m1/s1/i3T. The van der Waals surface area contributed by atoms with E-state index in [0.717, 1.165) is 4.57 Å². The number of carbonyl (C=O) groups excluding carboxylic acids is 2. The summed E-state index contributed by atoms with van der Waals surface area (Å²) in [5.41, 5.74) is -2.49. The van der Waals surface area contributed by atoms with Crippen LogP contribution in [0.1, 0.15) is 41.2 Å². The number of aromatic nitrogens is 2. The first-order valence-electron chi connectivity index (χ1n) is 9.87. The first-order valence-corrected chi connectivity index (χ1v) is 9.70. The molecule has 1 fully saturated rings. The molecule has 0 radical (unpaired) electrons. The van der Waals surface area contributed by atoms with Crippen molar-refractivity contribution >= 4 is 29.4 Å². The SMILES string of the molecule is [3H]CCNc1ccn([C@@H]2O[C@](CCl)(COC(=O)CC)[C@@H](OC(=O)CC)[C@H]2F)c(=O)n1. The fraction of sp³-hybridized carbons (Fsp3) is 0.667. The summed E-state index contributed by atoms with van der Waals surface area (Å²) in [5.74, 6) is -1.38. The van der Waals surface area contributed by atoms with Crippen LogP contribution in [0.5, 0.6) is 0 Å². The molecule has 9 nitrogen and oxygen atoms in total. The summed E-state index contributed by atoms with van der Waals surface area (Å²) < 4.78 is 39.5. The summed E-state index contributed by atoms with van der Waals surface area (Å²) in [6.07, 6.45) is -3.62. The smallest absolute Gasteiger partial charge is 0.351 e. The van der Waals surface area contributed by atoms with Gasteiger partial charge in [0.2, 0.25) is 0 Å². The zero-order valence-electron chi connectivity index (χ0n) is 17.2. The van der Waals surface area contributed by atoms with Crippen molar-refractivity contribution in [3.63, 3.8) is 0 Å². The zero-order chi connectivity index (χ0) is 22.3. The molecule has 0 bridgehead atoms. The Labute approximate surface area is 173 Å². The van der Waals surface area contributed by atoms with Gasteiger partial charge in [0.1, 0.15) is 12.4 Å². The van der Waals surface area contributed by atoms with Gasteiger partial charge in [0.15, 0.2) is 24.1 Å². The third-order valence-electron chi connectivity index (χ3n) is 4.39. The highest BCUT2D eigenvalue weighted by molar-refractivity contribution is 6.18. The van der Waals surface area contributed by atoms with Crippen LogP contribution < -0.4 is 11.0 Å². The number of ether oxygens (including phenoxy) is 3. The van der Waals surface area contributed by atoms with Gasteiger partial charge in [-0.3, -0.25) is 14.2 Å². The monoisotopic (exact) mass is 435 g/mol. The van der Waals surface area contributed by atoms with Crippen LogP contribution in [0.15, 0.2) is 17.1 Å². The first-order chi connectivity index (χ1) is 14.3. The number of nitrogens with zero attached hydrogens (tertiary/aromatic N) is 2. The Morgan fingerprint density at radius 3 is 2.76 bits per heavy atom. The summed E-state index contributed by atoms with van der Waals surface area (Å²) in [7, 11) is 0. The zero-order valence-corrected chi connectivity index (χ0v) is 17.0. The van der Waals surface area contributed by atoms with Gasteiger partial charge in [0.25, 0.3) is 0 Å². The third-order valence-corrected chi connectivity index (χ3v) is 4.84. The summed E-state index contributed by atoms with van der Waals surface area (Å²) >= 11 is 6.05. The summed E-state index contributed by atoms with van der Waals surface area (Å²) in [5, 5.41) is 2.78. The number of alkyl halides is 2. The Morgan fingerprint density at radius 2 is 2.17 bits per heavy atom. The molecule has 1 aromatic rings. The maximum atomic E-state index is 15.4. The van der Waals surface area contributed by atoms with Crippen molar-refractivity contribution in [1.82, 2.24) is 9.55 Å². The van der Waals surface area contributed by atoms with Crippen LogP contribution in [0.3, 0.4) is 0 Å². The predicted octanol–water partition coefficient (Wildman–Crippen LogP) is 1.79. The average molecular weight is 436 g/mol. The maximum Gasteiger partial charge on any atom is 0.351 e. The van der Waals surface area contributed by atoms with E-state index in [4.69, 9.17) is 27.2 Å². The van der Waals surface area contributed by atoms with Crippen LogP contribution in [-0.4, -0.2) is 58.4 Å². The number of carbonyl (C=O) groups is 2. The van der Waals surface area contributed by atoms with Gasteiger partial charge >= 0.3 is 17.6 Å². The molecule has 0 aromatic carbocycles. The van der Waals surface area contributed by atoms with E-state index < -0.39 is 48.3 Å². The maximum absolute atomic E-state index is 15.4. The second-order valence-electron chi connectivity index (χ2n) is 6.36. The van der Waals surface area contributed by atoms with Crippen LogP contribution in [0, 0.1) is 0 Å². The van der Waals surface area contributed by atoms with E-state index in [-0.39, 0.29) is 38.0 Å². The molecule has 2 rings (SSSR count). The quantitative estimate of drug-likeness (QED) is 0.462. The molecule has 11 heteroatoms. The highest BCUT2D eigenvalue weighted by atomic mass is 35.5. The lowest BCUT2D eigenvalue weighted by Gasteiger charge is -2.31. The van der Waals surface area contributed by atoms with Crippen molar-refractivity contribution < 1.29 is 29.6 Å². The number of hydrogen-bond donors (Lipinski definition) is 1. The molecule has 1 aliphatic rings. The van der Waals surface area contributed by atoms with Crippen molar-refractivity contribution in [1.29, 1.82) is 0 Å².